The fourth-order valence-electron chi connectivity index (χ4n) is 2.51. The van der Waals surface area contributed by atoms with Crippen LogP contribution in [0.5, 0.6) is 0 Å². The second-order valence-corrected chi connectivity index (χ2v) is 6.37. The van der Waals surface area contributed by atoms with Crippen molar-refractivity contribution in [2.45, 2.75) is 4.90 Å². The molecule has 3 aromatic rings. The lowest BCUT2D eigenvalue weighted by Gasteiger charge is -2.11. The van der Waals surface area contributed by atoms with Gasteiger partial charge in [-0.25, -0.2) is 0 Å². The Bertz CT molecular complexity index is 932. The topological polar surface area (TPSA) is 57.2 Å². The van der Waals surface area contributed by atoms with Gasteiger partial charge in [0.15, 0.2) is 5.78 Å². The first kappa shape index (κ1) is 17.0. The number of Topliss-reactive ketones (excluding diaryl/α,β-unsaturated/α-hetero) is 1. The summed E-state index contributed by atoms with van der Waals surface area (Å²) in [5, 5.41) is 0. The molecule has 0 saturated heterocycles. The maximum atomic E-state index is 13.0. The average molecular weight is 347 g/mol. The van der Waals surface area contributed by atoms with Crippen molar-refractivity contribution in [2.75, 3.05) is 0 Å². The number of carbonyl (C=O) groups excluding carboxylic acids is 1. The van der Waals surface area contributed by atoms with E-state index in [0.717, 1.165) is 5.56 Å². The third kappa shape index (κ3) is 4.18. The van der Waals surface area contributed by atoms with Crippen molar-refractivity contribution in [3.8, 4) is 0 Å². The fourth-order valence-corrected chi connectivity index (χ4v) is 2.92. The van der Waals surface area contributed by atoms with Crippen LogP contribution in [0.3, 0.4) is 0 Å². The summed E-state index contributed by atoms with van der Waals surface area (Å²) in [5.41, 5.74) is 2.44. The summed E-state index contributed by atoms with van der Waals surface area (Å²) in [7, 11) is 0. The molecule has 0 bridgehead atoms. The van der Waals surface area contributed by atoms with Gasteiger partial charge in [0.1, 0.15) is 0 Å². The Morgan fingerprint density at radius 3 is 2.04 bits per heavy atom. The zero-order chi connectivity index (χ0) is 17.6. The third-order valence-electron chi connectivity index (χ3n) is 3.73. The highest BCUT2D eigenvalue weighted by Gasteiger charge is 2.15. The highest BCUT2D eigenvalue weighted by molar-refractivity contribution is 7.79. The maximum Gasteiger partial charge on any atom is 0.193 e. The van der Waals surface area contributed by atoms with E-state index in [4.69, 9.17) is 0 Å². The van der Waals surface area contributed by atoms with Crippen LogP contribution in [-0.2, 0) is 11.1 Å². The van der Waals surface area contributed by atoms with E-state index < -0.39 is 11.1 Å². The molecular formula is C21H15O3S-. The van der Waals surface area contributed by atoms with Crippen molar-refractivity contribution in [1.29, 1.82) is 0 Å². The lowest BCUT2D eigenvalue weighted by atomic mass is 9.95. The molecule has 3 nitrogen and oxygen atoms in total. The molecule has 3 aromatic carbocycles. The molecule has 4 heteroatoms. The van der Waals surface area contributed by atoms with Crippen LogP contribution in [0.1, 0.15) is 21.5 Å². The van der Waals surface area contributed by atoms with Gasteiger partial charge in [-0.05, 0) is 40.4 Å². The predicted molar refractivity (Wildman–Crippen MR) is 98.7 cm³/mol. The number of hydrogen-bond acceptors (Lipinski definition) is 3. The molecule has 1 unspecified atom stereocenters. The molecule has 0 N–H and O–H groups in total. The Morgan fingerprint density at radius 1 is 0.800 bits per heavy atom. The van der Waals surface area contributed by atoms with Crippen LogP contribution in [0, 0.1) is 0 Å². The van der Waals surface area contributed by atoms with Gasteiger partial charge in [0.05, 0.1) is 0 Å². The van der Waals surface area contributed by atoms with E-state index in [1.54, 1.807) is 42.5 Å². The van der Waals surface area contributed by atoms with Gasteiger partial charge in [-0.3, -0.25) is 9.00 Å². The minimum absolute atomic E-state index is 0.150. The molecule has 0 saturated carbocycles. The number of carbonyl (C=O) groups is 1. The van der Waals surface area contributed by atoms with Crippen LogP contribution >= 0.6 is 0 Å². The smallest absolute Gasteiger partial charge is 0.193 e. The summed E-state index contributed by atoms with van der Waals surface area (Å²) in [5.74, 6) is -0.154. The molecule has 124 valence electrons. The zero-order valence-corrected chi connectivity index (χ0v) is 14.1. The summed E-state index contributed by atoms with van der Waals surface area (Å²) in [6.07, 6.45) is 1.78. The SMILES string of the molecule is O=C(C(=Cc1ccccc1)c1cccc(S(=O)[O-])c1)c1ccccc1. The standard InChI is InChI=1S/C21H16O3S/c22-21(17-10-5-2-6-11-17)20(14-16-8-3-1-4-9-16)18-12-7-13-19(15-18)25(23)24/h1-15H,(H,23,24)/p-1. The van der Waals surface area contributed by atoms with Crippen LogP contribution in [-0.4, -0.2) is 14.5 Å². The minimum Gasteiger partial charge on any atom is -0.768 e. The molecule has 0 aliphatic rings. The van der Waals surface area contributed by atoms with Crippen molar-refractivity contribution in [1.82, 2.24) is 0 Å². The third-order valence-corrected chi connectivity index (χ3v) is 4.37. The normalized spacial score (nSPS) is 12.6. The Kier molecular flexibility index (Phi) is 5.33. The number of allylic oxidation sites excluding steroid dienone is 1. The van der Waals surface area contributed by atoms with Crippen LogP contribution in [0.25, 0.3) is 11.6 Å². The molecule has 25 heavy (non-hydrogen) atoms. The van der Waals surface area contributed by atoms with Gasteiger partial charge in [-0.15, -0.1) is 0 Å². The minimum atomic E-state index is -2.35. The Morgan fingerprint density at radius 2 is 1.40 bits per heavy atom. The van der Waals surface area contributed by atoms with E-state index in [1.165, 1.54) is 12.1 Å². The van der Waals surface area contributed by atoms with E-state index in [2.05, 4.69) is 0 Å². The van der Waals surface area contributed by atoms with Crippen molar-refractivity contribution in [2.24, 2.45) is 0 Å². The van der Waals surface area contributed by atoms with Crippen LogP contribution in [0.2, 0.25) is 0 Å². The van der Waals surface area contributed by atoms with E-state index in [1.807, 2.05) is 36.4 Å². The first-order chi connectivity index (χ1) is 12.1. The molecule has 0 aromatic heterocycles. The van der Waals surface area contributed by atoms with E-state index in [9.17, 15) is 13.6 Å². The lowest BCUT2D eigenvalue weighted by Crippen LogP contribution is -2.03. The van der Waals surface area contributed by atoms with Gasteiger partial charge >= 0.3 is 0 Å². The van der Waals surface area contributed by atoms with Gasteiger partial charge in [0.2, 0.25) is 0 Å². The molecule has 0 aliphatic carbocycles. The van der Waals surface area contributed by atoms with Crippen molar-refractivity contribution < 1.29 is 13.6 Å². The molecule has 0 aliphatic heterocycles. The van der Waals surface area contributed by atoms with Gasteiger partial charge in [0, 0.05) is 16.0 Å². The quantitative estimate of drug-likeness (QED) is 0.298. The van der Waals surface area contributed by atoms with Crippen molar-refractivity contribution in [3.05, 3.63) is 102 Å². The first-order valence-corrected chi connectivity index (χ1v) is 8.79. The number of benzene rings is 3. The summed E-state index contributed by atoms with van der Waals surface area (Å²) >= 11 is -2.35. The fraction of sp³-hybridized carbons (Fsp3) is 0. The van der Waals surface area contributed by atoms with Gasteiger partial charge in [0.25, 0.3) is 0 Å². The van der Waals surface area contributed by atoms with Gasteiger partial charge < -0.3 is 4.55 Å². The molecule has 1 atom stereocenters. The van der Waals surface area contributed by atoms with Crippen LogP contribution < -0.4 is 0 Å². The second kappa shape index (κ2) is 7.83. The zero-order valence-electron chi connectivity index (χ0n) is 13.3. The van der Waals surface area contributed by atoms with E-state index in [0.29, 0.717) is 16.7 Å². The van der Waals surface area contributed by atoms with Crippen molar-refractivity contribution >= 4 is 28.5 Å². The largest absolute Gasteiger partial charge is 0.768 e. The Balaban J connectivity index is 2.13. The Hall–Kier alpha value is -2.82. The monoisotopic (exact) mass is 347 g/mol. The summed E-state index contributed by atoms with van der Waals surface area (Å²) < 4.78 is 22.5. The highest BCUT2D eigenvalue weighted by atomic mass is 32.2. The Labute approximate surface area is 148 Å². The highest BCUT2D eigenvalue weighted by Crippen LogP contribution is 2.24. The average Bonchev–Trinajstić information content (AvgIpc) is 2.67. The first-order valence-electron chi connectivity index (χ1n) is 7.71. The maximum absolute atomic E-state index is 13.0. The number of rotatable bonds is 5. The van der Waals surface area contributed by atoms with E-state index >= 15 is 0 Å². The summed E-state index contributed by atoms with van der Waals surface area (Å²) in [6, 6.07) is 24.8. The second-order valence-electron chi connectivity index (χ2n) is 5.43. The molecule has 0 radical (unpaired) electrons. The summed E-state index contributed by atoms with van der Waals surface area (Å²) in [4.78, 5) is 13.2. The van der Waals surface area contributed by atoms with Crippen molar-refractivity contribution in [3.63, 3.8) is 0 Å². The molecular weight excluding hydrogens is 332 g/mol. The molecule has 0 spiro atoms. The van der Waals surface area contributed by atoms with Gasteiger partial charge in [-0.1, -0.05) is 72.8 Å². The molecule has 3 rings (SSSR count). The number of ketones is 1. The lowest BCUT2D eigenvalue weighted by molar-refractivity contribution is 0.105. The van der Waals surface area contributed by atoms with Crippen LogP contribution in [0.15, 0.2) is 89.8 Å². The summed E-state index contributed by atoms with van der Waals surface area (Å²) in [6.45, 7) is 0. The van der Waals surface area contributed by atoms with Crippen LogP contribution in [0.4, 0.5) is 0 Å². The number of hydrogen-bond donors (Lipinski definition) is 0. The predicted octanol–water partition coefficient (Wildman–Crippen LogP) is 4.35. The molecule has 0 fully saturated rings. The van der Waals surface area contributed by atoms with Gasteiger partial charge in [-0.2, -0.15) is 0 Å². The molecule has 0 amide bonds. The molecule has 0 heterocycles. The van der Waals surface area contributed by atoms with E-state index in [-0.39, 0.29) is 10.7 Å².